The molecule has 1 fully saturated rings. The highest BCUT2D eigenvalue weighted by Crippen LogP contribution is 2.24. The molecule has 0 saturated carbocycles. The number of nitrogens with zero attached hydrogens (tertiary/aromatic N) is 3. The van der Waals surface area contributed by atoms with Gasteiger partial charge >= 0.3 is 0 Å². The molecule has 0 aromatic carbocycles. The lowest BCUT2D eigenvalue weighted by atomic mass is 9.92. The van der Waals surface area contributed by atoms with Crippen LogP contribution in [0.1, 0.15) is 18.5 Å². The standard InChI is InChI=1S/C14H18N4/c1-2-14(10-15-5-1)18-6-3-12(4-7-18)8-13-9-16-11-17-13/h1-2,5,9-12H,3-4,6-8H2,(H,16,17). The molecule has 1 saturated heterocycles. The van der Waals surface area contributed by atoms with Gasteiger partial charge in [0.25, 0.3) is 0 Å². The fraction of sp³-hybridized carbons (Fsp3) is 0.429. The molecule has 2 aromatic rings. The summed E-state index contributed by atoms with van der Waals surface area (Å²) in [7, 11) is 0. The maximum absolute atomic E-state index is 4.18. The average Bonchev–Trinajstić information content (AvgIpc) is 2.94. The normalized spacial score (nSPS) is 17.0. The Morgan fingerprint density at radius 3 is 2.78 bits per heavy atom. The highest BCUT2D eigenvalue weighted by Gasteiger charge is 2.20. The minimum atomic E-state index is 0.776. The monoisotopic (exact) mass is 242 g/mol. The fourth-order valence-electron chi connectivity index (χ4n) is 2.64. The molecule has 0 amide bonds. The third-order valence-corrected chi connectivity index (χ3v) is 3.69. The van der Waals surface area contributed by atoms with Crippen LogP contribution in [0, 0.1) is 5.92 Å². The first-order valence-corrected chi connectivity index (χ1v) is 6.54. The van der Waals surface area contributed by atoms with Gasteiger partial charge in [-0.1, -0.05) is 0 Å². The number of hydrogen-bond donors (Lipinski definition) is 1. The van der Waals surface area contributed by atoms with Crippen LogP contribution in [0.4, 0.5) is 5.69 Å². The van der Waals surface area contributed by atoms with E-state index in [-0.39, 0.29) is 0 Å². The quantitative estimate of drug-likeness (QED) is 0.898. The van der Waals surface area contributed by atoms with Crippen molar-refractivity contribution < 1.29 is 0 Å². The predicted molar refractivity (Wildman–Crippen MR) is 71.5 cm³/mol. The number of aromatic nitrogens is 3. The maximum Gasteiger partial charge on any atom is 0.0921 e. The molecule has 2 aromatic heterocycles. The topological polar surface area (TPSA) is 44.8 Å². The molecular formula is C14H18N4. The highest BCUT2D eigenvalue weighted by atomic mass is 15.1. The molecule has 1 aliphatic rings. The Kier molecular flexibility index (Phi) is 3.26. The van der Waals surface area contributed by atoms with E-state index in [0.717, 1.165) is 25.4 Å². The number of anilines is 1. The first-order chi connectivity index (χ1) is 8.92. The second-order valence-electron chi connectivity index (χ2n) is 4.92. The Labute approximate surface area is 107 Å². The van der Waals surface area contributed by atoms with Crippen molar-refractivity contribution in [2.24, 2.45) is 5.92 Å². The molecule has 0 radical (unpaired) electrons. The SMILES string of the molecule is c1cncc(N2CCC(Cc3cnc[nH]3)CC2)c1. The number of nitrogens with one attached hydrogen (secondary N) is 1. The smallest absolute Gasteiger partial charge is 0.0921 e. The van der Waals surface area contributed by atoms with Gasteiger partial charge in [-0.25, -0.2) is 4.98 Å². The number of aromatic amines is 1. The number of hydrogen-bond acceptors (Lipinski definition) is 3. The number of pyridine rings is 1. The van der Waals surface area contributed by atoms with Crippen LogP contribution in [0.15, 0.2) is 37.1 Å². The van der Waals surface area contributed by atoms with Crippen LogP contribution >= 0.6 is 0 Å². The molecule has 0 spiro atoms. The highest BCUT2D eigenvalue weighted by molar-refractivity contribution is 5.43. The summed E-state index contributed by atoms with van der Waals surface area (Å²) < 4.78 is 0. The third kappa shape index (κ3) is 2.53. The van der Waals surface area contributed by atoms with Crippen LogP contribution in [-0.4, -0.2) is 28.0 Å². The molecule has 0 unspecified atom stereocenters. The molecule has 94 valence electrons. The number of rotatable bonds is 3. The summed E-state index contributed by atoms with van der Waals surface area (Å²) in [5.74, 6) is 0.776. The Balaban J connectivity index is 1.55. The van der Waals surface area contributed by atoms with Gasteiger partial charge in [0.1, 0.15) is 0 Å². The van der Waals surface area contributed by atoms with Crippen molar-refractivity contribution in [2.75, 3.05) is 18.0 Å². The lowest BCUT2D eigenvalue weighted by Gasteiger charge is -2.33. The Bertz CT molecular complexity index is 458. The third-order valence-electron chi connectivity index (χ3n) is 3.69. The largest absolute Gasteiger partial charge is 0.370 e. The van der Waals surface area contributed by atoms with Crippen LogP contribution in [0.25, 0.3) is 0 Å². The van der Waals surface area contributed by atoms with Crippen molar-refractivity contribution >= 4 is 5.69 Å². The van der Waals surface area contributed by atoms with Gasteiger partial charge in [-0.05, 0) is 37.3 Å². The van der Waals surface area contributed by atoms with E-state index in [0.29, 0.717) is 0 Å². The van der Waals surface area contributed by atoms with Crippen molar-refractivity contribution in [3.8, 4) is 0 Å². The first kappa shape index (κ1) is 11.3. The summed E-state index contributed by atoms with van der Waals surface area (Å²) in [6, 6.07) is 4.15. The van der Waals surface area contributed by atoms with Crippen molar-refractivity contribution in [2.45, 2.75) is 19.3 Å². The molecule has 0 atom stereocenters. The van der Waals surface area contributed by atoms with Crippen LogP contribution in [-0.2, 0) is 6.42 Å². The zero-order valence-electron chi connectivity index (χ0n) is 10.4. The second-order valence-corrected chi connectivity index (χ2v) is 4.92. The fourth-order valence-corrected chi connectivity index (χ4v) is 2.64. The van der Waals surface area contributed by atoms with Crippen molar-refractivity contribution in [3.05, 3.63) is 42.7 Å². The average molecular weight is 242 g/mol. The van der Waals surface area contributed by atoms with Gasteiger partial charge in [0.15, 0.2) is 0 Å². The summed E-state index contributed by atoms with van der Waals surface area (Å²) in [6.07, 6.45) is 11.1. The zero-order chi connectivity index (χ0) is 12.2. The van der Waals surface area contributed by atoms with Gasteiger partial charge in [-0.3, -0.25) is 4.98 Å². The van der Waals surface area contributed by atoms with E-state index in [9.17, 15) is 0 Å². The molecule has 0 aliphatic carbocycles. The first-order valence-electron chi connectivity index (χ1n) is 6.54. The van der Waals surface area contributed by atoms with E-state index in [1.165, 1.54) is 24.2 Å². The lowest BCUT2D eigenvalue weighted by Crippen LogP contribution is -2.34. The van der Waals surface area contributed by atoms with Crippen molar-refractivity contribution in [1.29, 1.82) is 0 Å². The molecule has 1 aliphatic heterocycles. The molecule has 3 rings (SSSR count). The van der Waals surface area contributed by atoms with E-state index in [1.54, 1.807) is 6.33 Å². The molecule has 1 N–H and O–H groups in total. The van der Waals surface area contributed by atoms with Gasteiger partial charge in [0.05, 0.1) is 18.2 Å². The van der Waals surface area contributed by atoms with Gasteiger partial charge < -0.3 is 9.88 Å². The van der Waals surface area contributed by atoms with Gasteiger partial charge in [0.2, 0.25) is 0 Å². The number of imidazole rings is 1. The molecule has 4 heteroatoms. The Hall–Kier alpha value is -1.84. The molecule has 4 nitrogen and oxygen atoms in total. The molecule has 18 heavy (non-hydrogen) atoms. The summed E-state index contributed by atoms with van der Waals surface area (Å²) >= 11 is 0. The molecular weight excluding hydrogens is 224 g/mol. The molecule has 3 heterocycles. The van der Waals surface area contributed by atoms with Crippen LogP contribution in [0.5, 0.6) is 0 Å². The summed E-state index contributed by atoms with van der Waals surface area (Å²) in [6.45, 7) is 2.26. The second kappa shape index (κ2) is 5.21. The minimum absolute atomic E-state index is 0.776. The van der Waals surface area contributed by atoms with Crippen molar-refractivity contribution in [1.82, 2.24) is 15.0 Å². The van der Waals surface area contributed by atoms with E-state index in [4.69, 9.17) is 0 Å². The summed E-state index contributed by atoms with van der Waals surface area (Å²) in [4.78, 5) is 13.9. The van der Waals surface area contributed by atoms with E-state index in [1.807, 2.05) is 24.7 Å². The zero-order valence-corrected chi connectivity index (χ0v) is 10.4. The van der Waals surface area contributed by atoms with Crippen LogP contribution in [0.2, 0.25) is 0 Å². The van der Waals surface area contributed by atoms with Gasteiger partial charge in [0, 0.05) is 31.2 Å². The van der Waals surface area contributed by atoms with Gasteiger partial charge in [-0.15, -0.1) is 0 Å². The molecule has 0 bridgehead atoms. The summed E-state index contributed by atoms with van der Waals surface area (Å²) in [5, 5.41) is 0. The van der Waals surface area contributed by atoms with E-state index >= 15 is 0 Å². The predicted octanol–water partition coefficient (Wildman–Crippen LogP) is 2.26. The minimum Gasteiger partial charge on any atom is -0.370 e. The van der Waals surface area contributed by atoms with E-state index < -0.39 is 0 Å². The van der Waals surface area contributed by atoms with Crippen LogP contribution in [0.3, 0.4) is 0 Å². The Morgan fingerprint density at radius 2 is 2.11 bits per heavy atom. The maximum atomic E-state index is 4.18. The number of piperidine rings is 1. The number of H-pyrrole nitrogens is 1. The lowest BCUT2D eigenvalue weighted by molar-refractivity contribution is 0.401. The Morgan fingerprint density at radius 1 is 1.22 bits per heavy atom. The van der Waals surface area contributed by atoms with Crippen LogP contribution < -0.4 is 4.90 Å². The van der Waals surface area contributed by atoms with Crippen molar-refractivity contribution in [3.63, 3.8) is 0 Å². The van der Waals surface area contributed by atoms with E-state index in [2.05, 4.69) is 25.9 Å². The van der Waals surface area contributed by atoms with Gasteiger partial charge in [-0.2, -0.15) is 0 Å². The summed E-state index contributed by atoms with van der Waals surface area (Å²) in [5.41, 5.74) is 2.51.